The molecule has 0 aromatic heterocycles. The number of hydrogen-bond acceptors (Lipinski definition) is 5. The Morgan fingerprint density at radius 2 is 0.774 bits per heavy atom. The van der Waals surface area contributed by atoms with Gasteiger partial charge < -0.3 is 5.73 Å². The molecule has 0 unspecified atom stereocenters. The Kier molecular flexibility index (Phi) is 13.6. The highest BCUT2D eigenvalue weighted by molar-refractivity contribution is 8.09. The fourth-order valence-electron chi connectivity index (χ4n) is 3.18. The van der Waals surface area contributed by atoms with E-state index in [-0.39, 0.29) is 12.8 Å². The van der Waals surface area contributed by atoms with E-state index >= 15 is 0 Å². The zero-order chi connectivity index (χ0) is 24.2. The average Bonchev–Trinajstić information content (AvgIpc) is 2.62. The maximum Gasteiger partial charge on any atom is 0.498 e. The number of hydrogen-bond donors (Lipinski definition) is 1. The lowest BCUT2D eigenvalue weighted by molar-refractivity contribution is -0.0472. The van der Waals surface area contributed by atoms with E-state index in [4.69, 9.17) is 5.73 Å². The van der Waals surface area contributed by atoms with Crippen LogP contribution in [0.15, 0.2) is 0 Å². The number of nitrogens with two attached hydrogens (primary N) is 1. The predicted octanol–water partition coefficient (Wildman–Crippen LogP) is 5.60. The number of sulfone groups is 2. The Morgan fingerprint density at radius 3 is 1.03 bits per heavy atom. The maximum absolute atomic E-state index is 12.7. The number of rotatable bonds is 17. The van der Waals surface area contributed by atoms with Crippen LogP contribution in [0.3, 0.4) is 0 Å². The molecule has 0 fully saturated rings. The van der Waals surface area contributed by atoms with Crippen LogP contribution in [0.5, 0.6) is 0 Å². The van der Waals surface area contributed by atoms with Crippen LogP contribution < -0.4 is 5.73 Å². The van der Waals surface area contributed by atoms with Gasteiger partial charge in [0.15, 0.2) is 4.58 Å². The van der Waals surface area contributed by atoms with E-state index < -0.39 is 41.7 Å². The summed E-state index contributed by atoms with van der Waals surface area (Å²) in [5.41, 5.74) is -6.75. The minimum Gasteiger partial charge on any atom is -0.330 e. The smallest absolute Gasteiger partial charge is 0.330 e. The highest BCUT2D eigenvalue weighted by Gasteiger charge is 2.62. The Hall–Kier alpha value is -0.560. The molecule has 0 spiro atoms. The van der Waals surface area contributed by atoms with Gasteiger partial charge in [0.05, 0.1) is 0 Å². The van der Waals surface area contributed by atoms with Crippen LogP contribution in [0.25, 0.3) is 0 Å². The molecule has 0 atom stereocenters. The first-order valence-electron chi connectivity index (χ1n) is 10.5. The summed E-state index contributed by atoms with van der Waals surface area (Å²) in [6, 6.07) is 0. The fraction of sp³-hybridized carbons (Fsp3) is 1.00. The van der Waals surface area contributed by atoms with Gasteiger partial charge in [-0.05, 0) is 19.4 Å². The first kappa shape index (κ1) is 30.4. The van der Waals surface area contributed by atoms with Gasteiger partial charge in [0.2, 0.25) is 0 Å². The fourth-order valence-corrected chi connectivity index (χ4v) is 6.71. The minimum atomic E-state index is -6.51. The molecule has 0 saturated heterocycles. The lowest BCUT2D eigenvalue weighted by atomic mass is 10.0. The number of unbranched alkanes of at least 4 members (excludes halogenated alkanes) is 12. The van der Waals surface area contributed by atoms with E-state index in [9.17, 15) is 43.2 Å². The molecule has 2 N–H and O–H groups in total. The molecule has 0 aliphatic heterocycles. The van der Waals surface area contributed by atoms with Crippen molar-refractivity contribution in [3.63, 3.8) is 0 Å². The van der Waals surface area contributed by atoms with Crippen LogP contribution in [-0.4, -0.2) is 39.0 Å². The second-order valence-electron chi connectivity index (χ2n) is 7.58. The van der Waals surface area contributed by atoms with Gasteiger partial charge in [0, 0.05) is 0 Å². The summed E-state index contributed by atoms with van der Waals surface area (Å²) in [7, 11) is -13.0. The third-order valence-electron chi connectivity index (χ3n) is 4.98. The predicted molar refractivity (Wildman–Crippen MR) is 107 cm³/mol. The second-order valence-corrected chi connectivity index (χ2v) is 12.1. The van der Waals surface area contributed by atoms with E-state index in [1.54, 1.807) is 0 Å². The maximum atomic E-state index is 12.7. The van der Waals surface area contributed by atoms with Gasteiger partial charge >= 0.3 is 11.0 Å². The van der Waals surface area contributed by atoms with Crippen LogP contribution in [0.4, 0.5) is 26.3 Å². The molecule has 5 nitrogen and oxygen atoms in total. The van der Waals surface area contributed by atoms with Gasteiger partial charge in [-0.25, -0.2) is 16.8 Å². The van der Waals surface area contributed by atoms with Crippen LogP contribution in [0.2, 0.25) is 0 Å². The van der Waals surface area contributed by atoms with E-state index in [0.717, 1.165) is 57.8 Å². The van der Waals surface area contributed by atoms with Crippen molar-refractivity contribution in [3.05, 3.63) is 0 Å². The molecule has 13 heteroatoms. The monoisotopic (exact) mass is 505 g/mol. The van der Waals surface area contributed by atoms with Crippen LogP contribution in [0.1, 0.15) is 89.9 Å². The molecule has 0 aliphatic carbocycles. The average molecular weight is 506 g/mol. The zero-order valence-corrected chi connectivity index (χ0v) is 19.1. The molecular weight excluding hydrogens is 472 g/mol. The minimum absolute atomic E-state index is 0.151. The SMILES string of the molecule is NCCCCCCCCCCCCCCCC(S(=O)(=O)C(F)(F)F)S(=O)(=O)C(F)(F)F. The standard InChI is InChI=1S/C18H33F6NO4S2/c19-17(20,21)30(26,27)16(31(28,29)18(22,23)24)14-12-10-8-6-4-2-1-3-5-7-9-11-13-15-25/h16H,1-15,25H2. The number of alkyl halides is 6. The molecule has 0 aliphatic rings. The summed E-state index contributed by atoms with van der Waals surface area (Å²) in [5.74, 6) is 0. The summed E-state index contributed by atoms with van der Waals surface area (Å²) in [6.07, 6.45) is 9.25. The third kappa shape index (κ3) is 10.7. The Balaban J connectivity index is 4.30. The van der Waals surface area contributed by atoms with Crippen molar-refractivity contribution in [2.45, 2.75) is 105 Å². The van der Waals surface area contributed by atoms with E-state index in [0.29, 0.717) is 19.4 Å². The number of halogens is 6. The summed E-state index contributed by atoms with van der Waals surface area (Å²) < 4.78 is 118. The quantitative estimate of drug-likeness (QED) is 0.205. The van der Waals surface area contributed by atoms with Gasteiger partial charge in [-0.1, -0.05) is 77.0 Å². The molecule has 0 bridgehead atoms. The molecule has 31 heavy (non-hydrogen) atoms. The normalized spacial score (nSPS) is 13.8. The largest absolute Gasteiger partial charge is 0.498 e. The first-order chi connectivity index (χ1) is 14.2. The third-order valence-corrected chi connectivity index (χ3v) is 9.65. The molecule has 188 valence electrons. The van der Waals surface area contributed by atoms with E-state index in [1.807, 2.05) is 0 Å². The van der Waals surface area contributed by atoms with Gasteiger partial charge in [-0.3, -0.25) is 0 Å². The summed E-state index contributed by atoms with van der Waals surface area (Å²) in [6.45, 7) is 0.705. The lowest BCUT2D eigenvalue weighted by Gasteiger charge is -2.20. The van der Waals surface area contributed by atoms with Gasteiger partial charge in [0.1, 0.15) is 0 Å². The van der Waals surface area contributed by atoms with Crippen molar-refractivity contribution in [3.8, 4) is 0 Å². The molecule has 0 aromatic rings. The Morgan fingerprint density at radius 1 is 0.516 bits per heavy atom. The van der Waals surface area contributed by atoms with Crippen LogP contribution >= 0.6 is 0 Å². The van der Waals surface area contributed by atoms with Gasteiger partial charge in [-0.15, -0.1) is 0 Å². The summed E-state index contributed by atoms with van der Waals surface area (Å²) in [5, 5.41) is 0. The molecule has 0 heterocycles. The summed E-state index contributed by atoms with van der Waals surface area (Å²) >= 11 is 0. The van der Waals surface area contributed by atoms with Crippen LogP contribution in [0, 0.1) is 0 Å². The van der Waals surface area contributed by atoms with Crippen molar-refractivity contribution in [1.29, 1.82) is 0 Å². The molecular formula is C18H33F6NO4S2. The lowest BCUT2D eigenvalue weighted by Crippen LogP contribution is -2.44. The topological polar surface area (TPSA) is 94.3 Å². The molecule has 0 amide bonds. The Labute approximate surface area is 181 Å². The zero-order valence-electron chi connectivity index (χ0n) is 17.5. The van der Waals surface area contributed by atoms with Crippen molar-refractivity contribution in [2.75, 3.05) is 6.54 Å². The highest BCUT2D eigenvalue weighted by Crippen LogP contribution is 2.38. The van der Waals surface area contributed by atoms with Gasteiger partial charge in [0.25, 0.3) is 19.7 Å². The van der Waals surface area contributed by atoms with Crippen molar-refractivity contribution in [1.82, 2.24) is 0 Å². The molecule has 0 aromatic carbocycles. The molecule has 0 rings (SSSR count). The Bertz CT molecular complexity index is 647. The summed E-state index contributed by atoms with van der Waals surface area (Å²) in [4.78, 5) is 0. The van der Waals surface area contributed by atoms with E-state index in [2.05, 4.69) is 0 Å². The molecule has 0 radical (unpaired) electrons. The van der Waals surface area contributed by atoms with Crippen LogP contribution in [-0.2, 0) is 19.7 Å². The first-order valence-corrected chi connectivity index (χ1v) is 13.6. The van der Waals surface area contributed by atoms with E-state index in [1.165, 1.54) is 0 Å². The second kappa shape index (κ2) is 13.9. The van der Waals surface area contributed by atoms with Crippen molar-refractivity contribution in [2.24, 2.45) is 5.73 Å². The molecule has 0 saturated carbocycles. The van der Waals surface area contributed by atoms with Gasteiger partial charge in [-0.2, -0.15) is 26.3 Å². The van der Waals surface area contributed by atoms with Crippen molar-refractivity contribution < 1.29 is 43.2 Å². The van der Waals surface area contributed by atoms with Crippen molar-refractivity contribution >= 4 is 19.7 Å². The highest BCUT2D eigenvalue weighted by atomic mass is 32.3.